The summed E-state index contributed by atoms with van der Waals surface area (Å²) in [5, 5.41) is 3.16. The van der Waals surface area contributed by atoms with Gasteiger partial charge >= 0.3 is 6.09 Å². The smallest absolute Gasteiger partial charge is 0.429 e. The van der Waals surface area contributed by atoms with Gasteiger partial charge in [-0.1, -0.05) is 13.5 Å². The quantitative estimate of drug-likeness (QED) is 0.674. The van der Waals surface area contributed by atoms with Crippen LogP contribution in [0.3, 0.4) is 0 Å². The maximum Gasteiger partial charge on any atom is 0.429 e. The van der Waals surface area contributed by atoms with Crippen molar-refractivity contribution in [1.82, 2.24) is 10.0 Å². The van der Waals surface area contributed by atoms with Crippen molar-refractivity contribution in [3.63, 3.8) is 0 Å². The first-order valence-electron chi connectivity index (χ1n) is 5.17. The average Bonchev–Trinajstić information content (AvgIpc) is 2.10. The lowest BCUT2D eigenvalue weighted by Gasteiger charge is -2.32. The van der Waals surface area contributed by atoms with E-state index in [-0.39, 0.29) is 6.09 Å². The van der Waals surface area contributed by atoms with Crippen LogP contribution in [0.25, 0.3) is 0 Å². The van der Waals surface area contributed by atoms with Crippen LogP contribution in [0.5, 0.6) is 0 Å². The molecule has 0 unspecified atom stereocenters. The molecule has 0 saturated heterocycles. The molecule has 88 valence electrons. The minimum atomic E-state index is -0.467. The van der Waals surface area contributed by atoms with E-state index in [0.717, 1.165) is 6.42 Å². The number of hydrogen-bond acceptors (Lipinski definition) is 3. The van der Waals surface area contributed by atoms with Gasteiger partial charge in [0.2, 0.25) is 0 Å². The van der Waals surface area contributed by atoms with Crippen molar-refractivity contribution in [3.8, 4) is 0 Å². The van der Waals surface area contributed by atoms with Crippen LogP contribution in [-0.4, -0.2) is 35.3 Å². The van der Waals surface area contributed by atoms with Crippen molar-refractivity contribution in [1.29, 1.82) is 0 Å². The van der Waals surface area contributed by atoms with Gasteiger partial charge in [0.1, 0.15) is 5.60 Å². The largest absolute Gasteiger partial charge is 0.442 e. The van der Waals surface area contributed by atoms with E-state index in [0.29, 0.717) is 6.54 Å². The van der Waals surface area contributed by atoms with E-state index >= 15 is 0 Å². The van der Waals surface area contributed by atoms with E-state index in [2.05, 4.69) is 6.58 Å². The molecular formula is C11H22N2O2. The van der Waals surface area contributed by atoms with Crippen LogP contribution >= 0.6 is 0 Å². The van der Waals surface area contributed by atoms with Crippen molar-refractivity contribution in [2.24, 2.45) is 0 Å². The summed E-state index contributed by atoms with van der Waals surface area (Å²) in [6.07, 6.45) is 2.11. The number of nitrogens with zero attached hydrogens (tertiary/aromatic N) is 2. The fraction of sp³-hybridized carbons (Fsp3) is 0.727. The van der Waals surface area contributed by atoms with E-state index in [4.69, 9.17) is 4.74 Å². The van der Waals surface area contributed by atoms with Crippen molar-refractivity contribution < 1.29 is 9.53 Å². The topological polar surface area (TPSA) is 32.8 Å². The molecule has 15 heavy (non-hydrogen) atoms. The molecule has 0 saturated carbocycles. The van der Waals surface area contributed by atoms with Gasteiger partial charge in [0.25, 0.3) is 0 Å². The SMILES string of the molecule is C=CN(C)N(CCC)C(=O)OC(C)(C)C. The Morgan fingerprint density at radius 1 is 1.47 bits per heavy atom. The summed E-state index contributed by atoms with van der Waals surface area (Å²) < 4.78 is 5.27. The molecule has 0 bridgehead atoms. The second-order valence-electron chi connectivity index (χ2n) is 4.36. The van der Waals surface area contributed by atoms with Crippen LogP contribution < -0.4 is 0 Å². The molecule has 0 aromatic rings. The Labute approximate surface area is 92.5 Å². The third-order valence-corrected chi connectivity index (χ3v) is 1.68. The van der Waals surface area contributed by atoms with Gasteiger partial charge in [-0.3, -0.25) is 5.01 Å². The number of carbonyl (C=O) groups is 1. The summed E-state index contributed by atoms with van der Waals surface area (Å²) in [5.74, 6) is 0. The molecule has 0 aliphatic carbocycles. The Bertz CT molecular complexity index is 221. The zero-order valence-electron chi connectivity index (χ0n) is 10.4. The minimum absolute atomic E-state index is 0.341. The van der Waals surface area contributed by atoms with E-state index in [9.17, 15) is 4.79 Å². The summed E-state index contributed by atoms with van der Waals surface area (Å²) in [4.78, 5) is 11.8. The minimum Gasteiger partial charge on any atom is -0.442 e. The molecule has 0 aliphatic rings. The first-order valence-corrected chi connectivity index (χ1v) is 5.17. The molecule has 0 aliphatic heterocycles. The molecule has 0 rings (SSSR count). The molecule has 4 nitrogen and oxygen atoms in total. The van der Waals surface area contributed by atoms with Crippen molar-refractivity contribution in [3.05, 3.63) is 12.8 Å². The first kappa shape index (κ1) is 13.8. The lowest BCUT2D eigenvalue weighted by atomic mass is 10.2. The van der Waals surface area contributed by atoms with Gasteiger partial charge in [-0.25, -0.2) is 9.80 Å². The lowest BCUT2D eigenvalue weighted by molar-refractivity contribution is -0.0202. The van der Waals surface area contributed by atoms with E-state index in [1.165, 1.54) is 5.01 Å². The predicted molar refractivity (Wildman–Crippen MR) is 61.2 cm³/mol. The number of rotatable bonds is 4. The van der Waals surface area contributed by atoms with E-state index in [1.54, 1.807) is 18.3 Å². The van der Waals surface area contributed by atoms with Crippen LogP contribution in [0, 0.1) is 0 Å². The summed E-state index contributed by atoms with van der Waals surface area (Å²) >= 11 is 0. The van der Waals surface area contributed by atoms with Crippen molar-refractivity contribution in [2.75, 3.05) is 13.6 Å². The zero-order chi connectivity index (χ0) is 12.1. The van der Waals surface area contributed by atoms with Gasteiger partial charge in [0.05, 0.1) is 0 Å². The maximum absolute atomic E-state index is 11.8. The molecule has 0 N–H and O–H groups in total. The zero-order valence-corrected chi connectivity index (χ0v) is 10.4. The highest BCUT2D eigenvalue weighted by atomic mass is 16.6. The second kappa shape index (κ2) is 5.63. The molecule has 4 heteroatoms. The Morgan fingerprint density at radius 2 is 2.00 bits per heavy atom. The molecular weight excluding hydrogens is 192 g/mol. The monoisotopic (exact) mass is 214 g/mol. The highest BCUT2D eigenvalue weighted by molar-refractivity contribution is 5.67. The maximum atomic E-state index is 11.8. The summed E-state index contributed by atoms with van der Waals surface area (Å²) in [7, 11) is 1.77. The van der Waals surface area contributed by atoms with E-state index in [1.807, 2.05) is 27.7 Å². The number of carbonyl (C=O) groups excluding carboxylic acids is 1. The molecule has 0 atom stereocenters. The van der Waals surface area contributed by atoms with Gasteiger partial charge in [-0.2, -0.15) is 0 Å². The normalized spacial score (nSPS) is 10.7. The third-order valence-electron chi connectivity index (χ3n) is 1.68. The standard InChI is InChI=1S/C11H22N2O2/c1-7-9-13(12(6)8-2)10(14)15-11(3,4)5/h8H,2,7,9H2,1,3-6H3. The Morgan fingerprint density at radius 3 is 2.33 bits per heavy atom. The number of hydrogen-bond donors (Lipinski definition) is 0. The van der Waals surface area contributed by atoms with Crippen LogP contribution in [0.1, 0.15) is 34.1 Å². The fourth-order valence-corrected chi connectivity index (χ4v) is 1.00. The summed E-state index contributed by atoms with van der Waals surface area (Å²) in [6, 6.07) is 0. The lowest BCUT2D eigenvalue weighted by Crippen LogP contribution is -2.44. The van der Waals surface area contributed by atoms with Gasteiger partial charge in [-0.15, -0.1) is 0 Å². The average molecular weight is 214 g/mol. The van der Waals surface area contributed by atoms with Gasteiger partial charge in [-0.05, 0) is 27.2 Å². The Hall–Kier alpha value is -1.19. The van der Waals surface area contributed by atoms with Crippen LogP contribution in [0.15, 0.2) is 12.8 Å². The molecule has 0 spiro atoms. The van der Waals surface area contributed by atoms with Crippen molar-refractivity contribution in [2.45, 2.75) is 39.7 Å². The van der Waals surface area contributed by atoms with E-state index < -0.39 is 5.60 Å². The molecule has 1 amide bonds. The van der Waals surface area contributed by atoms with Crippen LogP contribution in [0.2, 0.25) is 0 Å². The number of hydrazine groups is 1. The Kier molecular flexibility index (Phi) is 5.19. The third kappa shape index (κ3) is 5.30. The Balaban J connectivity index is 4.48. The van der Waals surface area contributed by atoms with Gasteiger partial charge in [0, 0.05) is 19.8 Å². The molecule has 0 aromatic carbocycles. The molecule has 0 aromatic heterocycles. The highest BCUT2D eigenvalue weighted by Gasteiger charge is 2.23. The number of amides is 1. The highest BCUT2D eigenvalue weighted by Crippen LogP contribution is 2.11. The molecule has 0 heterocycles. The number of ether oxygens (including phenoxy) is 1. The summed E-state index contributed by atoms with van der Waals surface area (Å²) in [5.41, 5.74) is -0.467. The fourth-order valence-electron chi connectivity index (χ4n) is 1.00. The molecule has 0 fully saturated rings. The van der Waals surface area contributed by atoms with Gasteiger partial charge < -0.3 is 4.74 Å². The second-order valence-corrected chi connectivity index (χ2v) is 4.36. The van der Waals surface area contributed by atoms with Crippen molar-refractivity contribution >= 4 is 6.09 Å². The van der Waals surface area contributed by atoms with Gasteiger partial charge in [0.15, 0.2) is 0 Å². The molecule has 0 radical (unpaired) electrons. The van der Waals surface area contributed by atoms with Crippen LogP contribution in [0.4, 0.5) is 4.79 Å². The predicted octanol–water partition coefficient (Wildman–Crippen LogP) is 2.62. The van der Waals surface area contributed by atoms with Crippen LogP contribution in [-0.2, 0) is 4.74 Å². The first-order chi connectivity index (χ1) is 6.81. The summed E-state index contributed by atoms with van der Waals surface area (Å²) in [6.45, 7) is 11.8.